The molecule has 0 radical (unpaired) electrons. The zero-order valence-corrected chi connectivity index (χ0v) is 18.8. The van der Waals surface area contributed by atoms with Crippen molar-refractivity contribution in [3.63, 3.8) is 0 Å². The zero-order chi connectivity index (χ0) is 22.5. The Balaban J connectivity index is 1.75. The average Bonchev–Trinajstić information content (AvgIpc) is 2.97. The molecule has 1 aliphatic heterocycles. The Morgan fingerprint density at radius 2 is 1.61 bits per heavy atom. The molecule has 1 aliphatic rings. The highest BCUT2D eigenvalue weighted by Crippen LogP contribution is 2.39. The number of carbonyl (C=O) groups excluding carboxylic acids is 1. The molecular weight excluding hydrogens is 393 g/mol. The van der Waals surface area contributed by atoms with E-state index in [1.165, 1.54) is 0 Å². The third-order valence-electron chi connectivity index (χ3n) is 5.69. The van der Waals surface area contributed by atoms with Gasteiger partial charge in [-0.1, -0.05) is 54.6 Å². The van der Waals surface area contributed by atoms with Crippen LogP contribution in [0, 0.1) is 0 Å². The summed E-state index contributed by atoms with van der Waals surface area (Å²) in [5.41, 5.74) is 1.57. The molecule has 31 heavy (non-hydrogen) atoms. The van der Waals surface area contributed by atoms with Crippen LogP contribution >= 0.6 is 0 Å². The first-order valence-electron chi connectivity index (χ1n) is 10.4. The lowest BCUT2D eigenvalue weighted by molar-refractivity contribution is 0.00578. The Labute approximate surface area is 184 Å². The summed E-state index contributed by atoms with van der Waals surface area (Å²) in [4.78, 5) is 12.3. The third-order valence-corrected chi connectivity index (χ3v) is 5.69. The highest BCUT2D eigenvalue weighted by atomic mass is 16.7. The Bertz CT molecular complexity index is 911. The second-order valence-corrected chi connectivity index (χ2v) is 8.46. The normalized spacial score (nSPS) is 17.3. The quantitative estimate of drug-likeness (QED) is 0.658. The number of benzene rings is 2. The van der Waals surface area contributed by atoms with Crippen molar-refractivity contribution in [3.05, 3.63) is 71.2 Å². The molecule has 0 atom stereocenters. The Kier molecular flexibility index (Phi) is 7.08. The van der Waals surface area contributed by atoms with Crippen molar-refractivity contribution in [2.45, 2.75) is 45.5 Å². The molecule has 0 unspecified atom stereocenters. The van der Waals surface area contributed by atoms with Crippen LogP contribution in [0.4, 0.5) is 4.79 Å². The number of rotatable bonds is 7. The fourth-order valence-electron chi connectivity index (χ4n) is 3.13. The van der Waals surface area contributed by atoms with E-state index in [9.17, 15) is 4.79 Å². The van der Waals surface area contributed by atoms with Gasteiger partial charge in [-0.05, 0) is 44.8 Å². The minimum atomic E-state index is -0.607. The van der Waals surface area contributed by atoms with Gasteiger partial charge in [-0.25, -0.2) is 4.79 Å². The highest BCUT2D eigenvalue weighted by Gasteiger charge is 2.52. The molecule has 1 amide bonds. The smallest absolute Gasteiger partial charge is 0.492 e. The molecule has 164 valence electrons. The summed E-state index contributed by atoms with van der Waals surface area (Å²) in [7, 11) is 1.02. The number of carbonyl (C=O) groups is 1. The van der Waals surface area contributed by atoms with Crippen LogP contribution in [0.3, 0.4) is 0 Å². The predicted octanol–water partition coefficient (Wildman–Crippen LogP) is 4.64. The molecule has 1 saturated heterocycles. The first-order valence-corrected chi connectivity index (χ1v) is 10.4. The second kappa shape index (κ2) is 9.58. The Morgan fingerprint density at radius 1 is 1.00 bits per heavy atom. The average molecular weight is 423 g/mol. The molecule has 0 aliphatic carbocycles. The van der Waals surface area contributed by atoms with E-state index in [4.69, 9.17) is 18.8 Å². The van der Waals surface area contributed by atoms with E-state index in [1.54, 1.807) is 7.11 Å². The summed E-state index contributed by atoms with van der Waals surface area (Å²) in [6.45, 7) is 8.40. The lowest BCUT2D eigenvalue weighted by Gasteiger charge is -2.32. The van der Waals surface area contributed by atoms with Gasteiger partial charge in [0.25, 0.3) is 0 Å². The Morgan fingerprint density at radius 3 is 2.26 bits per heavy atom. The maximum atomic E-state index is 12.3. The van der Waals surface area contributed by atoms with Crippen molar-refractivity contribution in [3.8, 4) is 5.75 Å². The van der Waals surface area contributed by atoms with Crippen LogP contribution < -0.4 is 10.1 Å². The summed E-state index contributed by atoms with van der Waals surface area (Å²) >= 11 is 0. The molecule has 0 aromatic heterocycles. The largest absolute Gasteiger partial charge is 0.496 e. The monoisotopic (exact) mass is 423 g/mol. The van der Waals surface area contributed by atoms with Gasteiger partial charge >= 0.3 is 13.2 Å². The van der Waals surface area contributed by atoms with E-state index in [2.05, 4.69) is 5.32 Å². The summed E-state index contributed by atoms with van der Waals surface area (Å²) in [5, 5.41) is 2.81. The van der Waals surface area contributed by atoms with Crippen LogP contribution in [-0.2, 0) is 20.7 Å². The number of alkyl carbamates (subject to hydrolysis) is 1. The maximum Gasteiger partial charge on any atom is 0.492 e. The van der Waals surface area contributed by atoms with Crippen molar-refractivity contribution in [2.75, 3.05) is 13.7 Å². The van der Waals surface area contributed by atoms with Gasteiger partial charge in [0.05, 0.1) is 18.3 Å². The first kappa shape index (κ1) is 22.9. The van der Waals surface area contributed by atoms with Gasteiger partial charge in [0.2, 0.25) is 0 Å². The van der Waals surface area contributed by atoms with Crippen LogP contribution in [0.2, 0.25) is 0 Å². The zero-order valence-electron chi connectivity index (χ0n) is 18.8. The molecule has 1 N–H and O–H groups in total. The topological polar surface area (TPSA) is 66.0 Å². The van der Waals surface area contributed by atoms with Crippen molar-refractivity contribution < 1.29 is 23.6 Å². The van der Waals surface area contributed by atoms with E-state index in [-0.39, 0.29) is 13.2 Å². The fourth-order valence-corrected chi connectivity index (χ4v) is 3.13. The van der Waals surface area contributed by atoms with E-state index in [0.29, 0.717) is 0 Å². The molecule has 7 heteroatoms. The van der Waals surface area contributed by atoms with Gasteiger partial charge in [0, 0.05) is 12.1 Å². The van der Waals surface area contributed by atoms with Gasteiger partial charge in [0.15, 0.2) is 0 Å². The molecule has 1 fully saturated rings. The first-order chi connectivity index (χ1) is 14.7. The number of para-hydroxylation sites is 1. The SMILES string of the molecule is COc1ccccc1C=C(CNC(=O)OCc1ccccc1)B1OC(C)(C)C(C)(C)O1. The van der Waals surface area contributed by atoms with Crippen molar-refractivity contribution in [1.82, 2.24) is 5.32 Å². The lowest BCUT2D eigenvalue weighted by Crippen LogP contribution is -2.41. The van der Waals surface area contributed by atoms with Crippen LogP contribution in [0.25, 0.3) is 6.08 Å². The molecule has 2 aromatic rings. The molecule has 6 nitrogen and oxygen atoms in total. The summed E-state index contributed by atoms with van der Waals surface area (Å²) in [5.74, 6) is 0.725. The fraction of sp³-hybridized carbons (Fsp3) is 0.375. The molecule has 0 spiro atoms. The predicted molar refractivity (Wildman–Crippen MR) is 122 cm³/mol. The standard InChI is InChI=1S/C24H30BNO5/c1-23(2)24(3,4)31-25(30-23)20(15-19-13-9-10-14-21(19)28-5)16-26-22(27)29-17-18-11-7-6-8-12-18/h6-15H,16-17H2,1-5H3,(H,26,27). The van der Waals surface area contributed by atoms with Crippen LogP contribution in [0.1, 0.15) is 38.8 Å². The van der Waals surface area contributed by atoms with Crippen LogP contribution in [0.5, 0.6) is 5.75 Å². The minimum absolute atomic E-state index is 0.203. The lowest BCUT2D eigenvalue weighted by atomic mass is 9.77. The number of nitrogens with one attached hydrogen (secondary N) is 1. The van der Waals surface area contributed by atoms with Gasteiger partial charge in [-0.15, -0.1) is 0 Å². The summed E-state index contributed by atoms with van der Waals surface area (Å²) in [6, 6.07) is 17.2. The van der Waals surface area contributed by atoms with E-state index in [0.717, 1.165) is 22.3 Å². The Hall–Kier alpha value is -2.77. The third kappa shape index (κ3) is 5.68. The number of hydrogen-bond acceptors (Lipinski definition) is 5. The van der Waals surface area contributed by atoms with E-state index < -0.39 is 24.4 Å². The van der Waals surface area contributed by atoms with Gasteiger partial charge in [-0.2, -0.15) is 0 Å². The molecule has 0 saturated carbocycles. The molecular formula is C24H30BNO5. The second-order valence-electron chi connectivity index (χ2n) is 8.46. The molecule has 0 bridgehead atoms. The maximum absolute atomic E-state index is 12.3. The van der Waals surface area contributed by atoms with Crippen LogP contribution in [-0.4, -0.2) is 38.1 Å². The van der Waals surface area contributed by atoms with Crippen molar-refractivity contribution >= 4 is 19.3 Å². The summed E-state index contributed by atoms with van der Waals surface area (Å²) in [6.07, 6.45) is 1.42. The van der Waals surface area contributed by atoms with Gasteiger partial charge in [-0.3, -0.25) is 0 Å². The van der Waals surface area contributed by atoms with Crippen LogP contribution in [0.15, 0.2) is 60.1 Å². The number of methoxy groups -OCH3 is 1. The molecule has 2 aromatic carbocycles. The number of amides is 1. The number of ether oxygens (including phenoxy) is 2. The molecule has 1 heterocycles. The summed E-state index contributed by atoms with van der Waals surface area (Å²) < 4.78 is 23.2. The van der Waals surface area contributed by atoms with Crippen molar-refractivity contribution in [1.29, 1.82) is 0 Å². The molecule has 3 rings (SSSR count). The van der Waals surface area contributed by atoms with Gasteiger partial charge < -0.3 is 24.1 Å². The highest BCUT2D eigenvalue weighted by molar-refractivity contribution is 6.56. The van der Waals surface area contributed by atoms with E-state index >= 15 is 0 Å². The van der Waals surface area contributed by atoms with E-state index in [1.807, 2.05) is 88.4 Å². The number of hydrogen-bond donors (Lipinski definition) is 1. The van der Waals surface area contributed by atoms with Crippen molar-refractivity contribution in [2.24, 2.45) is 0 Å². The van der Waals surface area contributed by atoms with Gasteiger partial charge in [0.1, 0.15) is 12.4 Å². The minimum Gasteiger partial charge on any atom is -0.496 e.